The van der Waals surface area contributed by atoms with E-state index in [9.17, 15) is 8.42 Å². The van der Waals surface area contributed by atoms with Crippen LogP contribution in [-0.4, -0.2) is 42.9 Å². The van der Waals surface area contributed by atoms with Gasteiger partial charge in [0.15, 0.2) is 15.0 Å². The number of fused-ring (bicyclic) bond motifs is 1. The van der Waals surface area contributed by atoms with Crippen molar-refractivity contribution in [2.45, 2.75) is 32.9 Å². The summed E-state index contributed by atoms with van der Waals surface area (Å²) in [6.07, 6.45) is 0. The summed E-state index contributed by atoms with van der Waals surface area (Å²) < 4.78 is 23.8. The van der Waals surface area contributed by atoms with Crippen molar-refractivity contribution >= 4 is 32.5 Å². The number of hydrogen-bond acceptors (Lipinski definition) is 5. The fourth-order valence-electron chi connectivity index (χ4n) is 2.94. The predicted molar refractivity (Wildman–Crippen MR) is 90.2 cm³/mol. The van der Waals surface area contributed by atoms with Crippen LogP contribution in [0.5, 0.6) is 0 Å². The zero-order valence-corrected chi connectivity index (χ0v) is 14.2. The van der Waals surface area contributed by atoms with E-state index in [1.807, 2.05) is 0 Å². The van der Waals surface area contributed by atoms with Gasteiger partial charge >= 0.3 is 0 Å². The van der Waals surface area contributed by atoms with Gasteiger partial charge in [0.2, 0.25) is 0 Å². The number of amidine groups is 1. The highest BCUT2D eigenvalue weighted by Crippen LogP contribution is 2.35. The van der Waals surface area contributed by atoms with Crippen molar-refractivity contribution < 1.29 is 8.42 Å². The van der Waals surface area contributed by atoms with Crippen LogP contribution in [0.15, 0.2) is 23.2 Å². The molecule has 21 heavy (non-hydrogen) atoms. The number of nitrogens with zero attached hydrogens (tertiary/aromatic N) is 2. The third-order valence-electron chi connectivity index (χ3n) is 4.15. The van der Waals surface area contributed by atoms with Gasteiger partial charge in [-0.2, -0.15) is 0 Å². The van der Waals surface area contributed by atoms with Crippen molar-refractivity contribution in [3.05, 3.63) is 29.3 Å². The molecule has 0 spiro atoms. The molecule has 1 fully saturated rings. The van der Waals surface area contributed by atoms with E-state index in [2.05, 4.69) is 48.9 Å². The van der Waals surface area contributed by atoms with Gasteiger partial charge in [0.05, 0.1) is 23.6 Å². The van der Waals surface area contributed by atoms with Crippen LogP contribution >= 0.6 is 11.8 Å². The molecule has 0 aliphatic carbocycles. The van der Waals surface area contributed by atoms with Crippen LogP contribution in [0, 0.1) is 13.8 Å². The Morgan fingerprint density at radius 1 is 1.29 bits per heavy atom. The molecule has 0 amide bonds. The first-order valence-corrected chi connectivity index (χ1v) is 9.99. The van der Waals surface area contributed by atoms with Crippen molar-refractivity contribution in [1.82, 2.24) is 0 Å². The van der Waals surface area contributed by atoms with Gasteiger partial charge in [0.1, 0.15) is 0 Å². The van der Waals surface area contributed by atoms with Gasteiger partial charge in [-0.05, 0) is 42.9 Å². The number of thioether (sulfide) groups is 1. The SMILES string of the molecule is CCSC1=NC2CS(=O)(=O)CC2N1c1ccc(C)c(C)c1. The quantitative estimate of drug-likeness (QED) is 0.838. The van der Waals surface area contributed by atoms with Crippen molar-refractivity contribution in [3.63, 3.8) is 0 Å². The predicted octanol–water partition coefficient (Wildman–Crippen LogP) is 2.40. The van der Waals surface area contributed by atoms with Crippen molar-refractivity contribution in [1.29, 1.82) is 0 Å². The molecule has 0 bridgehead atoms. The van der Waals surface area contributed by atoms with Crippen molar-refractivity contribution in [2.75, 3.05) is 22.2 Å². The van der Waals surface area contributed by atoms with Crippen LogP contribution in [0.1, 0.15) is 18.1 Å². The molecule has 0 N–H and O–H groups in total. The van der Waals surface area contributed by atoms with Gasteiger partial charge in [0.25, 0.3) is 0 Å². The lowest BCUT2D eigenvalue weighted by molar-refractivity contribution is 0.601. The molecular formula is C15H20N2O2S2. The van der Waals surface area contributed by atoms with Crippen LogP contribution in [0.4, 0.5) is 5.69 Å². The van der Waals surface area contributed by atoms with E-state index in [-0.39, 0.29) is 23.6 Å². The topological polar surface area (TPSA) is 49.7 Å². The molecule has 2 unspecified atom stereocenters. The molecule has 2 aliphatic heterocycles. The van der Waals surface area contributed by atoms with Crippen molar-refractivity contribution in [2.24, 2.45) is 4.99 Å². The fourth-order valence-corrected chi connectivity index (χ4v) is 5.63. The molecule has 2 heterocycles. The Morgan fingerprint density at radius 2 is 2.05 bits per heavy atom. The zero-order valence-electron chi connectivity index (χ0n) is 12.5. The minimum Gasteiger partial charge on any atom is -0.315 e. The van der Waals surface area contributed by atoms with Crippen LogP contribution in [-0.2, 0) is 9.84 Å². The standard InChI is InChI=1S/C15H20N2O2S2/c1-4-20-15-16-13-8-21(18,19)9-14(13)17(15)12-6-5-10(2)11(3)7-12/h5-7,13-14H,4,8-9H2,1-3H3. The van der Waals surface area contributed by atoms with E-state index in [0.29, 0.717) is 0 Å². The first kappa shape index (κ1) is 14.9. The van der Waals surface area contributed by atoms with Gasteiger partial charge < -0.3 is 4.90 Å². The van der Waals surface area contributed by atoms with Crippen LogP contribution < -0.4 is 4.90 Å². The van der Waals surface area contributed by atoms with Gasteiger partial charge in [-0.25, -0.2) is 8.42 Å². The molecule has 1 saturated heterocycles. The second-order valence-electron chi connectivity index (χ2n) is 5.69. The lowest BCUT2D eigenvalue weighted by Gasteiger charge is -2.27. The summed E-state index contributed by atoms with van der Waals surface area (Å²) in [5.74, 6) is 1.33. The average molecular weight is 324 g/mol. The molecule has 114 valence electrons. The lowest BCUT2D eigenvalue weighted by Crippen LogP contribution is -2.39. The highest BCUT2D eigenvalue weighted by molar-refractivity contribution is 8.14. The minimum atomic E-state index is -2.96. The maximum atomic E-state index is 11.9. The largest absolute Gasteiger partial charge is 0.315 e. The average Bonchev–Trinajstić information content (AvgIpc) is 2.85. The monoisotopic (exact) mass is 324 g/mol. The van der Waals surface area contributed by atoms with E-state index in [1.165, 1.54) is 11.1 Å². The van der Waals surface area contributed by atoms with Crippen LogP contribution in [0.25, 0.3) is 0 Å². The maximum Gasteiger partial charge on any atom is 0.164 e. The molecule has 0 aromatic heterocycles. The lowest BCUT2D eigenvalue weighted by atomic mass is 10.1. The summed E-state index contributed by atoms with van der Waals surface area (Å²) in [5.41, 5.74) is 3.52. The number of anilines is 1. The van der Waals surface area contributed by atoms with Crippen LogP contribution in [0.3, 0.4) is 0 Å². The number of hydrogen-bond donors (Lipinski definition) is 0. The molecule has 0 radical (unpaired) electrons. The molecular weight excluding hydrogens is 304 g/mol. The van der Waals surface area contributed by atoms with E-state index >= 15 is 0 Å². The number of aliphatic imine (C=N–C) groups is 1. The Labute approximate surface area is 130 Å². The fraction of sp³-hybridized carbons (Fsp3) is 0.533. The molecule has 0 saturated carbocycles. The van der Waals surface area contributed by atoms with E-state index in [0.717, 1.165) is 16.6 Å². The summed E-state index contributed by atoms with van der Waals surface area (Å²) >= 11 is 1.69. The third-order valence-corrected chi connectivity index (χ3v) is 6.70. The summed E-state index contributed by atoms with van der Waals surface area (Å²) in [6.45, 7) is 6.26. The van der Waals surface area contributed by atoms with Crippen LogP contribution in [0.2, 0.25) is 0 Å². The molecule has 6 heteroatoms. The van der Waals surface area contributed by atoms with E-state index in [4.69, 9.17) is 0 Å². The number of benzene rings is 1. The Balaban J connectivity index is 2.01. The highest BCUT2D eigenvalue weighted by Gasteiger charge is 2.47. The number of aryl methyl sites for hydroxylation is 2. The van der Waals surface area contributed by atoms with Gasteiger partial charge in [-0.3, -0.25) is 4.99 Å². The van der Waals surface area contributed by atoms with Gasteiger partial charge in [-0.1, -0.05) is 24.8 Å². The normalized spacial score (nSPS) is 26.8. The molecule has 1 aromatic carbocycles. The Hall–Kier alpha value is -1.01. The summed E-state index contributed by atoms with van der Waals surface area (Å²) in [7, 11) is -2.96. The summed E-state index contributed by atoms with van der Waals surface area (Å²) in [5, 5.41) is 0.964. The highest BCUT2D eigenvalue weighted by atomic mass is 32.2. The summed E-state index contributed by atoms with van der Waals surface area (Å²) in [4.78, 5) is 6.81. The Kier molecular flexibility index (Phi) is 3.78. The molecule has 1 aromatic rings. The molecule has 2 atom stereocenters. The van der Waals surface area contributed by atoms with Crippen molar-refractivity contribution in [3.8, 4) is 0 Å². The molecule has 2 aliphatic rings. The summed E-state index contributed by atoms with van der Waals surface area (Å²) in [6, 6.07) is 6.16. The second-order valence-corrected chi connectivity index (χ2v) is 9.08. The van der Waals surface area contributed by atoms with Gasteiger partial charge in [0, 0.05) is 5.69 Å². The minimum absolute atomic E-state index is 0.0360. The first-order valence-electron chi connectivity index (χ1n) is 7.19. The second kappa shape index (κ2) is 5.32. The molecule has 4 nitrogen and oxygen atoms in total. The number of rotatable bonds is 2. The smallest absolute Gasteiger partial charge is 0.164 e. The molecule has 3 rings (SSSR count). The van der Waals surface area contributed by atoms with E-state index < -0.39 is 9.84 Å². The van der Waals surface area contributed by atoms with E-state index in [1.54, 1.807) is 11.8 Å². The third kappa shape index (κ3) is 2.71. The Bertz CT molecular complexity index is 698. The Morgan fingerprint density at radius 3 is 2.71 bits per heavy atom. The number of sulfone groups is 1. The zero-order chi connectivity index (χ0) is 15.2. The maximum absolute atomic E-state index is 11.9. The first-order chi connectivity index (χ1) is 9.91. The van der Waals surface area contributed by atoms with Gasteiger partial charge in [-0.15, -0.1) is 0 Å².